The molecule has 0 aromatic heterocycles. The van der Waals surface area contributed by atoms with Gasteiger partial charge in [0.05, 0.1) is 6.04 Å². The fourth-order valence-electron chi connectivity index (χ4n) is 3.04. The topological polar surface area (TPSA) is 139 Å². The van der Waals surface area contributed by atoms with Gasteiger partial charge < -0.3 is 31.2 Å². The lowest BCUT2D eigenvalue weighted by molar-refractivity contribution is -0.124. The molecule has 1 aromatic rings. The zero-order chi connectivity index (χ0) is 24.3. The summed E-state index contributed by atoms with van der Waals surface area (Å²) in [4.78, 5) is 25.1. The number of guanidine groups is 1. The van der Waals surface area contributed by atoms with E-state index < -0.39 is 17.7 Å². The van der Waals surface area contributed by atoms with Crippen molar-refractivity contribution in [3.05, 3.63) is 29.3 Å². The van der Waals surface area contributed by atoms with E-state index in [4.69, 9.17) is 20.6 Å². The van der Waals surface area contributed by atoms with Gasteiger partial charge in [-0.3, -0.25) is 10.2 Å². The third-order valence-corrected chi connectivity index (χ3v) is 4.52. The van der Waals surface area contributed by atoms with Crippen LogP contribution in [0.2, 0.25) is 0 Å². The Hall–Kier alpha value is -2.97. The molecule has 1 aromatic carbocycles. The van der Waals surface area contributed by atoms with E-state index in [1.807, 2.05) is 39.0 Å². The van der Waals surface area contributed by atoms with Crippen LogP contribution < -0.4 is 26.4 Å². The van der Waals surface area contributed by atoms with Gasteiger partial charge in [0.2, 0.25) is 5.91 Å². The predicted octanol–water partition coefficient (Wildman–Crippen LogP) is 2.73. The van der Waals surface area contributed by atoms with Gasteiger partial charge in [0.1, 0.15) is 24.0 Å². The number of hydrogen-bond acceptors (Lipinski definition) is 5. The summed E-state index contributed by atoms with van der Waals surface area (Å²) < 4.78 is 11.2. The molecule has 2 atom stereocenters. The number of carbonyl (C=O) groups excluding carboxylic acids is 2. The van der Waals surface area contributed by atoms with E-state index in [2.05, 4.69) is 16.0 Å². The van der Waals surface area contributed by atoms with Crippen molar-refractivity contribution in [1.82, 2.24) is 16.0 Å². The van der Waals surface area contributed by atoms with Gasteiger partial charge in [0.15, 0.2) is 5.96 Å². The van der Waals surface area contributed by atoms with Crippen molar-refractivity contribution in [2.75, 3.05) is 13.2 Å². The molecule has 1 rings (SSSR count). The molecule has 6 N–H and O–H groups in total. The molecule has 9 nitrogen and oxygen atoms in total. The maximum absolute atomic E-state index is 12.9. The molecule has 0 saturated carbocycles. The number of nitrogens with one attached hydrogen (secondary N) is 4. The van der Waals surface area contributed by atoms with Crippen LogP contribution >= 0.6 is 0 Å². The molecule has 9 heteroatoms. The van der Waals surface area contributed by atoms with Crippen molar-refractivity contribution in [3.63, 3.8) is 0 Å². The second-order valence-electron chi connectivity index (χ2n) is 8.98. The number of alkyl carbamates (subject to hydrolysis) is 1. The van der Waals surface area contributed by atoms with Crippen LogP contribution in [0.5, 0.6) is 5.75 Å². The lowest BCUT2D eigenvalue weighted by Crippen LogP contribution is -2.51. The number of nitrogens with two attached hydrogens (primary N) is 1. The van der Waals surface area contributed by atoms with Crippen LogP contribution in [0, 0.1) is 19.3 Å². The molecule has 0 spiro atoms. The van der Waals surface area contributed by atoms with Crippen LogP contribution in [0.1, 0.15) is 58.1 Å². The SMILES string of the molecule is Cc1cccc(C)c1OCC(C)NC(=O)[C@H](CCCCNC(=N)N)NC(=O)OC(C)(C)C. The van der Waals surface area contributed by atoms with Crippen molar-refractivity contribution >= 4 is 18.0 Å². The molecule has 0 aliphatic carbocycles. The molecular weight excluding hydrogens is 410 g/mol. The fraction of sp³-hybridized carbons (Fsp3) is 0.609. The summed E-state index contributed by atoms with van der Waals surface area (Å²) >= 11 is 0. The van der Waals surface area contributed by atoms with E-state index in [0.29, 0.717) is 32.4 Å². The smallest absolute Gasteiger partial charge is 0.408 e. The Bertz CT molecular complexity index is 756. The van der Waals surface area contributed by atoms with Crippen molar-refractivity contribution in [3.8, 4) is 5.75 Å². The van der Waals surface area contributed by atoms with Crippen molar-refractivity contribution in [1.29, 1.82) is 5.41 Å². The molecule has 1 unspecified atom stereocenters. The third kappa shape index (κ3) is 10.9. The lowest BCUT2D eigenvalue weighted by atomic mass is 10.1. The van der Waals surface area contributed by atoms with Crippen LogP contribution in [0.25, 0.3) is 0 Å². The first kappa shape index (κ1) is 27.1. The van der Waals surface area contributed by atoms with Gasteiger partial charge in [-0.15, -0.1) is 0 Å². The maximum atomic E-state index is 12.9. The number of hydrogen-bond donors (Lipinski definition) is 5. The van der Waals surface area contributed by atoms with Gasteiger partial charge >= 0.3 is 6.09 Å². The standard InChI is InChI=1S/C23H39N5O4/c1-15-10-9-11-16(2)19(15)31-14-17(3)27-20(29)18(12-7-8-13-26-21(24)25)28-22(30)32-23(4,5)6/h9-11,17-18H,7-8,12-14H2,1-6H3,(H,27,29)(H,28,30)(H4,24,25,26)/t17?,18-/m0/s1. The monoisotopic (exact) mass is 449 g/mol. The fourth-order valence-corrected chi connectivity index (χ4v) is 3.04. The number of rotatable bonds is 11. The largest absolute Gasteiger partial charge is 0.491 e. The lowest BCUT2D eigenvalue weighted by Gasteiger charge is -2.25. The second kappa shape index (κ2) is 12.8. The van der Waals surface area contributed by atoms with E-state index in [9.17, 15) is 9.59 Å². The second-order valence-corrected chi connectivity index (χ2v) is 8.98. The molecule has 0 aliphatic rings. The van der Waals surface area contributed by atoms with Gasteiger partial charge in [-0.25, -0.2) is 4.79 Å². The highest BCUT2D eigenvalue weighted by atomic mass is 16.6. The molecule has 180 valence electrons. The number of aryl methyl sites for hydroxylation is 2. The summed E-state index contributed by atoms with van der Waals surface area (Å²) in [5.41, 5.74) is 6.68. The molecule has 0 aliphatic heterocycles. The number of ether oxygens (including phenoxy) is 2. The Kier molecular flexibility index (Phi) is 10.8. The van der Waals surface area contributed by atoms with Gasteiger partial charge in [-0.1, -0.05) is 18.2 Å². The average Bonchev–Trinajstić information content (AvgIpc) is 2.64. The van der Waals surface area contributed by atoms with E-state index in [1.54, 1.807) is 20.8 Å². The first-order chi connectivity index (χ1) is 14.9. The Balaban J connectivity index is 2.66. The van der Waals surface area contributed by atoms with Gasteiger partial charge in [0, 0.05) is 6.54 Å². The minimum atomic E-state index is -0.746. The molecule has 0 fully saturated rings. The van der Waals surface area contributed by atoms with E-state index in [-0.39, 0.29) is 17.9 Å². The molecule has 32 heavy (non-hydrogen) atoms. The number of carbonyl (C=O) groups is 2. The summed E-state index contributed by atoms with van der Waals surface area (Å²) in [6.07, 6.45) is 1.14. The summed E-state index contributed by atoms with van der Waals surface area (Å²) in [5, 5.41) is 15.5. The number of amides is 2. The van der Waals surface area contributed by atoms with Crippen molar-refractivity contribution in [2.24, 2.45) is 5.73 Å². The molecule has 0 radical (unpaired) electrons. The zero-order valence-electron chi connectivity index (χ0n) is 20.1. The van der Waals surface area contributed by atoms with Crippen LogP contribution in [-0.4, -0.2) is 48.8 Å². The zero-order valence-corrected chi connectivity index (χ0v) is 20.1. The minimum Gasteiger partial charge on any atom is -0.491 e. The van der Waals surface area contributed by atoms with Crippen molar-refractivity contribution in [2.45, 2.75) is 78.5 Å². The van der Waals surface area contributed by atoms with Gasteiger partial charge in [-0.2, -0.15) is 0 Å². The summed E-state index contributed by atoms with van der Waals surface area (Å²) in [6.45, 7) is 11.9. The quantitative estimate of drug-likeness (QED) is 0.200. The summed E-state index contributed by atoms with van der Waals surface area (Å²) in [5.74, 6) is 0.423. The predicted molar refractivity (Wildman–Crippen MR) is 126 cm³/mol. The Morgan fingerprint density at radius 3 is 2.31 bits per heavy atom. The number of unbranched alkanes of at least 4 members (excludes halogenated alkanes) is 1. The van der Waals surface area contributed by atoms with E-state index >= 15 is 0 Å². The van der Waals surface area contributed by atoms with Gasteiger partial charge in [0.25, 0.3) is 0 Å². The van der Waals surface area contributed by atoms with Crippen LogP contribution in [0.3, 0.4) is 0 Å². The maximum Gasteiger partial charge on any atom is 0.408 e. The molecule has 0 heterocycles. The molecule has 2 amide bonds. The van der Waals surface area contributed by atoms with Crippen molar-refractivity contribution < 1.29 is 19.1 Å². The Labute approximate surface area is 191 Å². The Morgan fingerprint density at radius 2 is 1.75 bits per heavy atom. The van der Waals surface area contributed by atoms with Crippen LogP contribution in [0.4, 0.5) is 4.79 Å². The molecule has 0 saturated heterocycles. The van der Waals surface area contributed by atoms with Gasteiger partial charge in [-0.05, 0) is 71.9 Å². The highest BCUT2D eigenvalue weighted by Gasteiger charge is 2.25. The van der Waals surface area contributed by atoms with Crippen LogP contribution in [0.15, 0.2) is 18.2 Å². The number of benzene rings is 1. The minimum absolute atomic E-state index is 0.0936. The summed E-state index contributed by atoms with van der Waals surface area (Å²) in [7, 11) is 0. The number of para-hydroxylation sites is 1. The first-order valence-electron chi connectivity index (χ1n) is 11.0. The first-order valence-corrected chi connectivity index (χ1v) is 11.0. The highest BCUT2D eigenvalue weighted by molar-refractivity contribution is 5.85. The third-order valence-electron chi connectivity index (χ3n) is 4.52. The average molecular weight is 450 g/mol. The summed E-state index contributed by atoms with van der Waals surface area (Å²) in [6, 6.07) is 4.93. The van der Waals surface area contributed by atoms with E-state index in [0.717, 1.165) is 16.9 Å². The molecule has 0 bridgehead atoms. The molecular formula is C23H39N5O4. The highest BCUT2D eigenvalue weighted by Crippen LogP contribution is 2.22. The normalized spacial score (nSPS) is 12.9. The van der Waals surface area contributed by atoms with E-state index in [1.165, 1.54) is 0 Å². The van der Waals surface area contributed by atoms with Crippen LogP contribution in [-0.2, 0) is 9.53 Å². The Morgan fingerprint density at radius 1 is 1.12 bits per heavy atom.